The summed E-state index contributed by atoms with van der Waals surface area (Å²) >= 11 is 0. The van der Waals surface area contributed by atoms with E-state index in [1.165, 1.54) is 0 Å². The number of anilines is 2. The van der Waals surface area contributed by atoms with E-state index in [2.05, 4.69) is 25.8 Å². The molecule has 164 valence electrons. The SMILES string of the molecule is COc1c(Nc2cc(CC(=O)C3CC3)nc3c2C(=O)N(C)C3)cccc1-c1nnnn1C. The van der Waals surface area contributed by atoms with Crippen LogP contribution in [0, 0.1) is 5.92 Å². The van der Waals surface area contributed by atoms with Crippen LogP contribution in [0.2, 0.25) is 0 Å². The van der Waals surface area contributed by atoms with Crippen molar-refractivity contribution < 1.29 is 14.3 Å². The molecule has 0 atom stereocenters. The highest BCUT2D eigenvalue weighted by Gasteiger charge is 2.33. The summed E-state index contributed by atoms with van der Waals surface area (Å²) in [6, 6.07) is 7.39. The van der Waals surface area contributed by atoms with Crippen LogP contribution >= 0.6 is 0 Å². The topological polar surface area (TPSA) is 115 Å². The summed E-state index contributed by atoms with van der Waals surface area (Å²) in [7, 11) is 5.07. The maximum Gasteiger partial charge on any atom is 0.257 e. The fraction of sp³-hybridized carbons (Fsp3) is 0.364. The zero-order chi connectivity index (χ0) is 22.4. The number of fused-ring (bicyclic) bond motifs is 1. The molecule has 1 saturated carbocycles. The van der Waals surface area contributed by atoms with Crippen molar-refractivity contribution >= 4 is 23.1 Å². The van der Waals surface area contributed by atoms with Gasteiger partial charge in [-0.05, 0) is 41.5 Å². The molecule has 2 aliphatic rings. The Kier molecular flexibility index (Phi) is 4.84. The summed E-state index contributed by atoms with van der Waals surface area (Å²) in [4.78, 5) is 31.5. The van der Waals surface area contributed by atoms with Crippen LogP contribution in [-0.2, 0) is 24.8 Å². The number of nitrogens with one attached hydrogen (secondary N) is 1. The zero-order valence-corrected chi connectivity index (χ0v) is 18.1. The summed E-state index contributed by atoms with van der Waals surface area (Å²) in [5.74, 6) is 1.35. The maximum atomic E-state index is 12.8. The van der Waals surface area contributed by atoms with Gasteiger partial charge in [-0.1, -0.05) is 6.07 Å². The van der Waals surface area contributed by atoms with E-state index in [0.29, 0.717) is 52.0 Å². The van der Waals surface area contributed by atoms with Gasteiger partial charge in [-0.15, -0.1) is 5.10 Å². The van der Waals surface area contributed by atoms with Crippen LogP contribution in [0.5, 0.6) is 5.75 Å². The lowest BCUT2D eigenvalue weighted by Gasteiger charge is -2.16. The molecule has 3 aromatic rings. The van der Waals surface area contributed by atoms with Crippen molar-refractivity contribution in [3.8, 4) is 17.1 Å². The number of Topliss-reactive ketones (excluding diaryl/α,β-unsaturated/α-hetero) is 1. The van der Waals surface area contributed by atoms with E-state index in [9.17, 15) is 9.59 Å². The molecule has 10 nitrogen and oxygen atoms in total. The van der Waals surface area contributed by atoms with Crippen molar-refractivity contribution in [1.29, 1.82) is 0 Å². The highest BCUT2D eigenvalue weighted by atomic mass is 16.5. The van der Waals surface area contributed by atoms with Crippen LogP contribution in [0.25, 0.3) is 11.4 Å². The number of rotatable bonds is 7. The number of ketones is 1. The molecule has 1 fully saturated rings. The van der Waals surface area contributed by atoms with Crippen molar-refractivity contribution in [2.75, 3.05) is 19.5 Å². The van der Waals surface area contributed by atoms with Gasteiger partial charge >= 0.3 is 0 Å². The monoisotopic (exact) mass is 433 g/mol. The molecular formula is C22H23N7O3. The van der Waals surface area contributed by atoms with Gasteiger partial charge in [-0.2, -0.15) is 0 Å². The quantitative estimate of drug-likeness (QED) is 0.603. The molecule has 0 radical (unpaired) electrons. The zero-order valence-electron chi connectivity index (χ0n) is 18.1. The fourth-order valence-corrected chi connectivity index (χ4v) is 4.05. The Morgan fingerprint density at radius 2 is 2.06 bits per heavy atom. The van der Waals surface area contributed by atoms with E-state index in [1.54, 1.807) is 36.9 Å². The molecule has 1 aromatic carbocycles. The van der Waals surface area contributed by atoms with Crippen molar-refractivity contribution in [3.63, 3.8) is 0 Å². The lowest BCUT2D eigenvalue weighted by molar-refractivity contribution is -0.119. The second-order valence-corrected chi connectivity index (χ2v) is 8.20. The van der Waals surface area contributed by atoms with E-state index < -0.39 is 0 Å². The molecule has 1 aliphatic carbocycles. The summed E-state index contributed by atoms with van der Waals surface area (Å²) in [6.45, 7) is 0.413. The predicted octanol–water partition coefficient (Wildman–Crippen LogP) is 2.13. The molecule has 5 rings (SSSR count). The molecule has 1 N–H and O–H groups in total. The smallest absolute Gasteiger partial charge is 0.257 e. The number of aromatic nitrogens is 5. The highest BCUT2D eigenvalue weighted by Crippen LogP contribution is 2.39. The Morgan fingerprint density at radius 3 is 2.75 bits per heavy atom. The standard InChI is InChI=1S/C22H23N7O3/c1-28-11-17-19(22(28)31)16(9-13(23-17)10-18(30)12-7-8-12)24-15-6-4-5-14(20(15)32-3)21-25-26-27-29(21)2/h4-6,9,12H,7-8,10-11H2,1-3H3,(H,23,24). The number of carbonyl (C=O) groups excluding carboxylic acids is 2. The molecule has 0 bridgehead atoms. The number of para-hydroxylation sites is 1. The minimum Gasteiger partial charge on any atom is -0.494 e. The van der Waals surface area contributed by atoms with Gasteiger partial charge < -0.3 is 15.0 Å². The molecule has 3 heterocycles. The largest absolute Gasteiger partial charge is 0.494 e. The number of methoxy groups -OCH3 is 1. The predicted molar refractivity (Wildman–Crippen MR) is 116 cm³/mol. The Labute approximate surface area is 184 Å². The lowest BCUT2D eigenvalue weighted by atomic mass is 10.1. The van der Waals surface area contributed by atoms with Crippen LogP contribution < -0.4 is 10.1 Å². The summed E-state index contributed by atoms with van der Waals surface area (Å²) in [5.41, 5.74) is 3.83. The van der Waals surface area contributed by atoms with Crippen molar-refractivity contribution in [1.82, 2.24) is 30.1 Å². The third-order valence-electron chi connectivity index (χ3n) is 5.83. The van der Waals surface area contributed by atoms with E-state index in [0.717, 1.165) is 12.8 Å². The van der Waals surface area contributed by atoms with Gasteiger partial charge in [0.05, 0.1) is 47.5 Å². The van der Waals surface area contributed by atoms with Crippen LogP contribution in [-0.4, -0.2) is 55.9 Å². The van der Waals surface area contributed by atoms with Crippen LogP contribution in [0.3, 0.4) is 0 Å². The number of carbonyl (C=O) groups is 2. The number of nitrogens with zero attached hydrogens (tertiary/aromatic N) is 6. The Hall–Kier alpha value is -3.82. The molecule has 0 unspecified atom stereocenters. The number of amides is 1. The van der Waals surface area contributed by atoms with Gasteiger partial charge in [-0.25, -0.2) is 4.68 Å². The second-order valence-electron chi connectivity index (χ2n) is 8.20. The number of tetrazole rings is 1. The molecule has 10 heteroatoms. The van der Waals surface area contributed by atoms with Gasteiger partial charge in [0.1, 0.15) is 5.78 Å². The van der Waals surface area contributed by atoms with Crippen LogP contribution in [0.1, 0.15) is 34.6 Å². The average Bonchev–Trinajstić information content (AvgIpc) is 3.48. The first-order chi connectivity index (χ1) is 15.5. The van der Waals surface area contributed by atoms with E-state index >= 15 is 0 Å². The van der Waals surface area contributed by atoms with Crippen molar-refractivity contribution in [2.45, 2.75) is 25.8 Å². The Morgan fingerprint density at radius 1 is 1.25 bits per heavy atom. The number of ether oxygens (including phenoxy) is 1. The molecule has 0 saturated heterocycles. The first-order valence-electron chi connectivity index (χ1n) is 10.4. The van der Waals surface area contributed by atoms with Crippen LogP contribution in [0.4, 0.5) is 11.4 Å². The molecule has 32 heavy (non-hydrogen) atoms. The average molecular weight is 433 g/mol. The van der Waals surface area contributed by atoms with Crippen molar-refractivity contribution in [3.05, 3.63) is 41.2 Å². The minimum absolute atomic E-state index is 0.109. The van der Waals surface area contributed by atoms with Gasteiger partial charge in [0.25, 0.3) is 5.91 Å². The normalized spacial score (nSPS) is 15.1. The van der Waals surface area contributed by atoms with Gasteiger partial charge in [0.15, 0.2) is 11.6 Å². The van der Waals surface area contributed by atoms with Gasteiger partial charge in [0, 0.05) is 26.4 Å². The molecular weight excluding hydrogens is 410 g/mol. The number of pyridine rings is 1. The van der Waals surface area contributed by atoms with E-state index in [4.69, 9.17) is 4.74 Å². The van der Waals surface area contributed by atoms with Gasteiger partial charge in [0.2, 0.25) is 0 Å². The highest BCUT2D eigenvalue weighted by molar-refractivity contribution is 6.04. The first kappa shape index (κ1) is 20.1. The van der Waals surface area contributed by atoms with Crippen molar-refractivity contribution in [2.24, 2.45) is 13.0 Å². The van der Waals surface area contributed by atoms with E-state index in [1.807, 2.05) is 18.2 Å². The van der Waals surface area contributed by atoms with Crippen LogP contribution in [0.15, 0.2) is 24.3 Å². The summed E-state index contributed by atoms with van der Waals surface area (Å²) in [6.07, 6.45) is 2.18. The Bertz CT molecular complexity index is 1230. The number of aryl methyl sites for hydroxylation is 1. The number of hydrogen-bond acceptors (Lipinski definition) is 8. The second kappa shape index (κ2) is 7.70. The summed E-state index contributed by atoms with van der Waals surface area (Å²) in [5, 5.41) is 15.0. The maximum absolute atomic E-state index is 12.8. The number of benzene rings is 1. The van der Waals surface area contributed by atoms with Gasteiger partial charge in [-0.3, -0.25) is 14.6 Å². The third kappa shape index (κ3) is 3.47. The lowest BCUT2D eigenvalue weighted by Crippen LogP contribution is -2.18. The van der Waals surface area contributed by atoms with E-state index in [-0.39, 0.29) is 24.0 Å². The molecule has 2 aromatic heterocycles. The fourth-order valence-electron chi connectivity index (χ4n) is 4.05. The number of hydrogen-bond donors (Lipinski definition) is 1. The minimum atomic E-state index is -0.109. The third-order valence-corrected chi connectivity index (χ3v) is 5.83. The molecule has 0 spiro atoms. The Balaban J connectivity index is 1.56. The molecule has 1 aliphatic heterocycles. The summed E-state index contributed by atoms with van der Waals surface area (Å²) < 4.78 is 7.25. The first-order valence-corrected chi connectivity index (χ1v) is 10.4. The molecule has 1 amide bonds.